The summed E-state index contributed by atoms with van der Waals surface area (Å²) in [6.45, 7) is 4.37. The van der Waals surface area contributed by atoms with E-state index in [1.54, 1.807) is 0 Å². The molecule has 0 bridgehead atoms. The third-order valence-electron chi connectivity index (χ3n) is 3.92. The fraction of sp³-hybridized carbons (Fsp3) is 0.438. The summed E-state index contributed by atoms with van der Waals surface area (Å²) in [5, 5.41) is 5.74. The maximum Gasteiger partial charge on any atom is 0.109 e. The van der Waals surface area contributed by atoms with Gasteiger partial charge in [-0.25, -0.2) is 4.98 Å². The Morgan fingerprint density at radius 2 is 2.35 bits per heavy atom. The van der Waals surface area contributed by atoms with Gasteiger partial charge in [-0.3, -0.25) is 0 Å². The van der Waals surface area contributed by atoms with E-state index in [1.807, 2.05) is 23.6 Å². The molecule has 1 aliphatic carbocycles. The molecule has 0 spiro atoms. The molecular weight excluding hydrogens is 288 g/mol. The molecular formula is C16H19ClN2S. The van der Waals surface area contributed by atoms with Gasteiger partial charge in [0.15, 0.2) is 0 Å². The van der Waals surface area contributed by atoms with Crippen molar-refractivity contribution in [1.29, 1.82) is 0 Å². The van der Waals surface area contributed by atoms with Crippen molar-refractivity contribution in [2.75, 3.05) is 0 Å². The molecule has 0 radical (unpaired) electrons. The van der Waals surface area contributed by atoms with Crippen molar-refractivity contribution in [3.63, 3.8) is 0 Å². The van der Waals surface area contributed by atoms with Crippen LogP contribution in [0.4, 0.5) is 0 Å². The highest BCUT2D eigenvalue weighted by Gasteiger charge is 2.24. The number of nitrogens with zero attached hydrogens (tertiary/aromatic N) is 1. The third kappa shape index (κ3) is 2.76. The van der Waals surface area contributed by atoms with Crippen LogP contribution in [0.15, 0.2) is 24.4 Å². The van der Waals surface area contributed by atoms with Crippen LogP contribution in [0, 0.1) is 0 Å². The summed E-state index contributed by atoms with van der Waals surface area (Å²) in [6.07, 6.45) is 5.32. The number of rotatable bonds is 4. The van der Waals surface area contributed by atoms with Gasteiger partial charge in [-0.15, -0.1) is 11.3 Å². The van der Waals surface area contributed by atoms with Gasteiger partial charge in [0.25, 0.3) is 0 Å². The Balaban J connectivity index is 1.73. The second kappa shape index (κ2) is 5.84. The van der Waals surface area contributed by atoms with Gasteiger partial charge in [-0.1, -0.05) is 24.6 Å². The van der Waals surface area contributed by atoms with E-state index in [-0.39, 0.29) is 0 Å². The van der Waals surface area contributed by atoms with Crippen LogP contribution >= 0.6 is 22.9 Å². The van der Waals surface area contributed by atoms with Gasteiger partial charge in [-0.05, 0) is 49.4 Å². The highest BCUT2D eigenvalue weighted by Crippen LogP contribution is 2.35. The Bertz CT molecular complexity index is 608. The predicted octanol–water partition coefficient (Wildman–Crippen LogP) is 4.70. The average Bonchev–Trinajstić information content (AvgIpc) is 3.05. The van der Waals surface area contributed by atoms with E-state index in [4.69, 9.17) is 11.6 Å². The maximum absolute atomic E-state index is 6.06. The zero-order valence-corrected chi connectivity index (χ0v) is 13.4. The Morgan fingerprint density at radius 3 is 3.10 bits per heavy atom. The number of fused-ring (bicyclic) bond motifs is 1. The fourth-order valence-corrected chi connectivity index (χ4v) is 3.88. The molecule has 1 aromatic heterocycles. The molecule has 1 heterocycles. The first-order valence-electron chi connectivity index (χ1n) is 7.16. The molecule has 2 atom stereocenters. The standard InChI is InChI=1S/C16H19ClN2S/c1-3-13-9-18-16(20-13)10(2)19-15-7-4-11-8-12(17)5-6-14(11)15/h5-6,8-10,15,19H,3-4,7H2,1-2H3. The van der Waals surface area contributed by atoms with Crippen LogP contribution in [0.5, 0.6) is 0 Å². The predicted molar refractivity (Wildman–Crippen MR) is 85.6 cm³/mol. The summed E-state index contributed by atoms with van der Waals surface area (Å²) in [5.41, 5.74) is 2.78. The van der Waals surface area contributed by atoms with Crippen LogP contribution < -0.4 is 5.32 Å². The van der Waals surface area contributed by atoms with Crippen molar-refractivity contribution in [2.45, 2.75) is 45.2 Å². The van der Waals surface area contributed by atoms with Crippen LogP contribution in [-0.4, -0.2) is 4.98 Å². The fourth-order valence-electron chi connectivity index (χ4n) is 2.82. The van der Waals surface area contributed by atoms with Gasteiger partial charge in [0.1, 0.15) is 5.01 Å². The molecule has 2 nitrogen and oxygen atoms in total. The van der Waals surface area contributed by atoms with E-state index in [1.165, 1.54) is 21.0 Å². The number of nitrogens with one attached hydrogen (secondary N) is 1. The van der Waals surface area contributed by atoms with Crippen molar-refractivity contribution >= 4 is 22.9 Å². The Kier molecular flexibility index (Phi) is 4.11. The number of hydrogen-bond acceptors (Lipinski definition) is 3. The maximum atomic E-state index is 6.06. The molecule has 1 aromatic carbocycles. The molecule has 0 saturated carbocycles. The van der Waals surface area contributed by atoms with Crippen molar-refractivity contribution < 1.29 is 0 Å². The quantitative estimate of drug-likeness (QED) is 0.886. The largest absolute Gasteiger partial charge is 0.301 e. The van der Waals surface area contributed by atoms with E-state index in [0.29, 0.717) is 12.1 Å². The highest BCUT2D eigenvalue weighted by atomic mass is 35.5. The second-order valence-electron chi connectivity index (χ2n) is 5.34. The molecule has 0 saturated heterocycles. The molecule has 2 unspecified atom stereocenters. The number of halogens is 1. The van der Waals surface area contributed by atoms with Gasteiger partial charge in [0.2, 0.25) is 0 Å². The number of hydrogen-bond donors (Lipinski definition) is 1. The van der Waals surface area contributed by atoms with Crippen LogP contribution in [0.2, 0.25) is 5.02 Å². The second-order valence-corrected chi connectivity index (χ2v) is 6.92. The van der Waals surface area contributed by atoms with E-state index in [9.17, 15) is 0 Å². The van der Waals surface area contributed by atoms with Crippen molar-refractivity contribution in [3.05, 3.63) is 50.4 Å². The molecule has 0 fully saturated rings. The summed E-state index contributed by atoms with van der Waals surface area (Å²) >= 11 is 7.88. The van der Waals surface area contributed by atoms with Crippen LogP contribution in [0.1, 0.15) is 53.4 Å². The molecule has 3 rings (SSSR count). The summed E-state index contributed by atoms with van der Waals surface area (Å²) in [5.74, 6) is 0. The molecule has 106 valence electrons. The van der Waals surface area contributed by atoms with E-state index >= 15 is 0 Å². The monoisotopic (exact) mass is 306 g/mol. The van der Waals surface area contributed by atoms with Crippen LogP contribution in [0.3, 0.4) is 0 Å². The molecule has 1 N–H and O–H groups in total. The molecule has 0 amide bonds. The van der Waals surface area contributed by atoms with Crippen LogP contribution in [-0.2, 0) is 12.8 Å². The molecule has 2 aromatic rings. The van der Waals surface area contributed by atoms with E-state index in [0.717, 1.165) is 24.3 Å². The minimum Gasteiger partial charge on any atom is -0.301 e. The van der Waals surface area contributed by atoms with E-state index in [2.05, 4.69) is 36.3 Å². The van der Waals surface area contributed by atoms with Crippen molar-refractivity contribution in [1.82, 2.24) is 10.3 Å². The van der Waals surface area contributed by atoms with Gasteiger partial charge < -0.3 is 5.32 Å². The molecule has 4 heteroatoms. The number of thiazole rings is 1. The van der Waals surface area contributed by atoms with Crippen molar-refractivity contribution in [2.24, 2.45) is 0 Å². The topological polar surface area (TPSA) is 24.9 Å². The minimum absolute atomic E-state index is 0.298. The lowest BCUT2D eigenvalue weighted by Crippen LogP contribution is -2.22. The highest BCUT2D eigenvalue weighted by molar-refractivity contribution is 7.11. The lowest BCUT2D eigenvalue weighted by Gasteiger charge is -2.18. The zero-order chi connectivity index (χ0) is 14.1. The number of aryl methyl sites for hydroxylation is 2. The van der Waals surface area contributed by atoms with Gasteiger partial charge in [0.05, 0.1) is 6.04 Å². The number of aromatic nitrogens is 1. The number of benzene rings is 1. The first-order valence-corrected chi connectivity index (χ1v) is 8.35. The molecule has 0 aliphatic heterocycles. The first-order chi connectivity index (χ1) is 9.67. The molecule has 1 aliphatic rings. The lowest BCUT2D eigenvalue weighted by molar-refractivity contribution is 0.464. The third-order valence-corrected chi connectivity index (χ3v) is 5.48. The average molecular weight is 307 g/mol. The Morgan fingerprint density at radius 1 is 1.50 bits per heavy atom. The van der Waals surface area contributed by atoms with Crippen LogP contribution in [0.25, 0.3) is 0 Å². The van der Waals surface area contributed by atoms with E-state index < -0.39 is 0 Å². The molecule has 20 heavy (non-hydrogen) atoms. The minimum atomic E-state index is 0.298. The van der Waals surface area contributed by atoms with Gasteiger partial charge >= 0.3 is 0 Å². The lowest BCUT2D eigenvalue weighted by atomic mass is 10.1. The Hall–Kier alpha value is -0.900. The normalized spacial score (nSPS) is 19.1. The zero-order valence-electron chi connectivity index (χ0n) is 11.8. The summed E-state index contributed by atoms with van der Waals surface area (Å²) < 4.78 is 0. The summed E-state index contributed by atoms with van der Waals surface area (Å²) in [7, 11) is 0. The summed E-state index contributed by atoms with van der Waals surface area (Å²) in [4.78, 5) is 5.89. The summed E-state index contributed by atoms with van der Waals surface area (Å²) in [6, 6.07) is 6.97. The first kappa shape index (κ1) is 14.1. The van der Waals surface area contributed by atoms with Gasteiger partial charge in [-0.2, -0.15) is 0 Å². The SMILES string of the molecule is CCc1cnc(C(C)NC2CCc3cc(Cl)ccc32)s1. The van der Waals surface area contributed by atoms with Gasteiger partial charge in [0, 0.05) is 22.1 Å². The smallest absolute Gasteiger partial charge is 0.109 e. The van der Waals surface area contributed by atoms with Crippen molar-refractivity contribution in [3.8, 4) is 0 Å². The Labute approximate surface area is 129 Å².